The first-order valence-electron chi connectivity index (χ1n) is 6.77. The summed E-state index contributed by atoms with van der Waals surface area (Å²) in [5, 5.41) is 1.69. The summed E-state index contributed by atoms with van der Waals surface area (Å²) in [5.41, 5.74) is 0.140. The van der Waals surface area contributed by atoms with E-state index in [9.17, 15) is 18.0 Å². The molecule has 22 heavy (non-hydrogen) atoms. The Labute approximate surface area is 124 Å². The van der Waals surface area contributed by atoms with E-state index < -0.39 is 24.7 Å². The molecule has 2 heterocycles. The first-order valence-corrected chi connectivity index (χ1v) is 6.77. The molecule has 1 aromatic heterocycles. The summed E-state index contributed by atoms with van der Waals surface area (Å²) in [6.07, 6.45) is -4.87. The fourth-order valence-electron chi connectivity index (χ4n) is 2.39. The van der Waals surface area contributed by atoms with Crippen LogP contribution in [-0.2, 0) is 4.74 Å². The Hall–Kier alpha value is -2.15. The average Bonchev–Trinajstić information content (AvgIpc) is 2.53. The van der Waals surface area contributed by atoms with Crippen molar-refractivity contribution in [3.05, 3.63) is 42.2 Å². The van der Waals surface area contributed by atoms with Crippen LogP contribution in [0.4, 0.5) is 13.2 Å². The maximum atomic E-state index is 12.7. The molecule has 0 N–H and O–H groups in total. The standard InChI is InChI=1S/C15H13F3N2O2/c16-15(17,18)13-9-20(5-6-22-13)14(21)12-7-10-3-1-2-4-11(10)8-19-12/h1-4,7-8,13H,5-6,9H2. The molecule has 4 nitrogen and oxygen atoms in total. The van der Waals surface area contributed by atoms with Gasteiger partial charge in [-0.1, -0.05) is 24.3 Å². The second kappa shape index (κ2) is 5.57. The molecule has 1 aromatic carbocycles. The number of nitrogens with zero attached hydrogens (tertiary/aromatic N) is 2. The number of carbonyl (C=O) groups excluding carboxylic acids is 1. The second-order valence-electron chi connectivity index (χ2n) is 5.07. The molecule has 1 saturated heterocycles. The van der Waals surface area contributed by atoms with E-state index in [1.165, 1.54) is 0 Å². The van der Waals surface area contributed by atoms with Crippen LogP contribution in [0.25, 0.3) is 10.8 Å². The minimum atomic E-state index is -4.48. The predicted molar refractivity (Wildman–Crippen MR) is 73.4 cm³/mol. The van der Waals surface area contributed by atoms with Crippen molar-refractivity contribution in [2.24, 2.45) is 0 Å². The van der Waals surface area contributed by atoms with Gasteiger partial charge in [0, 0.05) is 18.1 Å². The summed E-state index contributed by atoms with van der Waals surface area (Å²) in [5.74, 6) is -0.511. The van der Waals surface area contributed by atoms with Crippen molar-refractivity contribution < 1.29 is 22.7 Å². The first-order chi connectivity index (χ1) is 10.4. The van der Waals surface area contributed by atoms with Crippen molar-refractivity contribution in [2.45, 2.75) is 12.3 Å². The van der Waals surface area contributed by atoms with E-state index in [1.54, 1.807) is 12.3 Å². The molecule has 1 aliphatic heterocycles. The van der Waals surface area contributed by atoms with Gasteiger partial charge in [-0.2, -0.15) is 13.2 Å². The minimum absolute atomic E-state index is 0.125. The lowest BCUT2D eigenvalue weighted by atomic mass is 10.1. The number of fused-ring (bicyclic) bond motifs is 1. The zero-order valence-corrected chi connectivity index (χ0v) is 11.5. The number of morpholine rings is 1. The molecular formula is C15H13F3N2O2. The highest BCUT2D eigenvalue weighted by Crippen LogP contribution is 2.26. The largest absolute Gasteiger partial charge is 0.416 e. The lowest BCUT2D eigenvalue weighted by Gasteiger charge is -2.33. The number of ether oxygens (including phenoxy) is 1. The third-order valence-corrected chi connectivity index (χ3v) is 3.57. The number of rotatable bonds is 1. The number of amides is 1. The molecule has 1 aliphatic rings. The lowest BCUT2D eigenvalue weighted by molar-refractivity contribution is -0.233. The maximum absolute atomic E-state index is 12.7. The molecule has 1 unspecified atom stereocenters. The maximum Gasteiger partial charge on any atom is 0.416 e. The molecule has 0 aliphatic carbocycles. The molecule has 7 heteroatoms. The minimum Gasteiger partial charge on any atom is -0.365 e. The van der Waals surface area contributed by atoms with Gasteiger partial charge in [-0.15, -0.1) is 0 Å². The molecule has 116 valence electrons. The Kier molecular flexibility index (Phi) is 3.74. The van der Waals surface area contributed by atoms with E-state index in [1.807, 2.05) is 24.3 Å². The van der Waals surface area contributed by atoms with Gasteiger partial charge in [0.25, 0.3) is 5.91 Å². The van der Waals surface area contributed by atoms with E-state index in [-0.39, 0.29) is 18.8 Å². The fraction of sp³-hybridized carbons (Fsp3) is 0.333. The van der Waals surface area contributed by atoms with Crippen LogP contribution in [0.2, 0.25) is 0 Å². The van der Waals surface area contributed by atoms with Crippen LogP contribution in [0.15, 0.2) is 36.5 Å². The molecule has 0 bridgehead atoms. The third kappa shape index (κ3) is 2.89. The number of hydrogen-bond acceptors (Lipinski definition) is 3. The topological polar surface area (TPSA) is 42.4 Å². The lowest BCUT2D eigenvalue weighted by Crippen LogP contribution is -2.51. The van der Waals surface area contributed by atoms with E-state index in [4.69, 9.17) is 0 Å². The van der Waals surface area contributed by atoms with Gasteiger partial charge in [-0.05, 0) is 11.5 Å². The Morgan fingerprint density at radius 2 is 2.00 bits per heavy atom. The Bertz CT molecular complexity index is 702. The van der Waals surface area contributed by atoms with Crippen molar-refractivity contribution >= 4 is 16.7 Å². The number of aromatic nitrogens is 1. The van der Waals surface area contributed by atoms with Crippen molar-refractivity contribution in [1.82, 2.24) is 9.88 Å². The fourth-order valence-corrected chi connectivity index (χ4v) is 2.39. The van der Waals surface area contributed by atoms with Crippen LogP contribution in [-0.4, -0.2) is 47.8 Å². The SMILES string of the molecule is O=C(c1cc2ccccc2cn1)N1CCOC(C(F)(F)F)C1. The summed E-state index contributed by atoms with van der Waals surface area (Å²) in [7, 11) is 0. The summed E-state index contributed by atoms with van der Waals surface area (Å²) in [6.45, 7) is -0.514. The Morgan fingerprint density at radius 1 is 1.27 bits per heavy atom. The average molecular weight is 310 g/mol. The van der Waals surface area contributed by atoms with E-state index in [0.717, 1.165) is 15.7 Å². The smallest absolute Gasteiger partial charge is 0.365 e. The normalized spacial score (nSPS) is 19.4. The molecule has 0 spiro atoms. The van der Waals surface area contributed by atoms with Crippen LogP contribution < -0.4 is 0 Å². The number of halogens is 3. The van der Waals surface area contributed by atoms with Gasteiger partial charge < -0.3 is 9.64 Å². The van der Waals surface area contributed by atoms with Crippen molar-refractivity contribution in [1.29, 1.82) is 0 Å². The Balaban J connectivity index is 1.82. The summed E-state index contributed by atoms with van der Waals surface area (Å²) < 4.78 is 42.8. The van der Waals surface area contributed by atoms with Gasteiger partial charge in [-0.3, -0.25) is 9.78 Å². The van der Waals surface area contributed by atoms with Crippen LogP contribution in [0.3, 0.4) is 0 Å². The molecule has 2 aromatic rings. The monoisotopic (exact) mass is 310 g/mol. The highest BCUT2D eigenvalue weighted by Gasteiger charge is 2.44. The molecule has 1 fully saturated rings. The highest BCUT2D eigenvalue weighted by molar-refractivity contribution is 5.96. The first kappa shape index (κ1) is 14.8. The molecule has 0 saturated carbocycles. The third-order valence-electron chi connectivity index (χ3n) is 3.57. The van der Waals surface area contributed by atoms with E-state index >= 15 is 0 Å². The quantitative estimate of drug-likeness (QED) is 0.813. The number of hydrogen-bond donors (Lipinski definition) is 0. The van der Waals surface area contributed by atoms with Crippen LogP contribution in [0.1, 0.15) is 10.5 Å². The van der Waals surface area contributed by atoms with Crippen molar-refractivity contribution in [2.75, 3.05) is 19.7 Å². The molecular weight excluding hydrogens is 297 g/mol. The van der Waals surface area contributed by atoms with Crippen LogP contribution >= 0.6 is 0 Å². The van der Waals surface area contributed by atoms with Gasteiger partial charge >= 0.3 is 6.18 Å². The summed E-state index contributed by atoms with van der Waals surface area (Å²) >= 11 is 0. The molecule has 0 radical (unpaired) electrons. The zero-order valence-electron chi connectivity index (χ0n) is 11.5. The zero-order chi connectivity index (χ0) is 15.7. The summed E-state index contributed by atoms with van der Waals surface area (Å²) in [4.78, 5) is 17.6. The van der Waals surface area contributed by atoms with Gasteiger partial charge in [0.15, 0.2) is 6.10 Å². The molecule has 1 atom stereocenters. The second-order valence-corrected chi connectivity index (χ2v) is 5.07. The number of carbonyl (C=O) groups is 1. The Morgan fingerprint density at radius 3 is 2.73 bits per heavy atom. The van der Waals surface area contributed by atoms with Crippen molar-refractivity contribution in [3.8, 4) is 0 Å². The van der Waals surface area contributed by atoms with Crippen molar-refractivity contribution in [3.63, 3.8) is 0 Å². The molecule has 3 rings (SSSR count). The highest BCUT2D eigenvalue weighted by atomic mass is 19.4. The van der Waals surface area contributed by atoms with Gasteiger partial charge in [0.1, 0.15) is 5.69 Å². The van der Waals surface area contributed by atoms with E-state index in [0.29, 0.717) is 0 Å². The predicted octanol–water partition coefficient (Wildman–Crippen LogP) is 2.64. The number of benzene rings is 1. The van der Waals surface area contributed by atoms with Gasteiger partial charge in [0.2, 0.25) is 0 Å². The van der Waals surface area contributed by atoms with E-state index in [2.05, 4.69) is 9.72 Å². The number of pyridine rings is 1. The van der Waals surface area contributed by atoms with Crippen LogP contribution in [0.5, 0.6) is 0 Å². The van der Waals surface area contributed by atoms with Gasteiger partial charge in [-0.25, -0.2) is 0 Å². The van der Waals surface area contributed by atoms with Crippen LogP contribution in [0, 0.1) is 0 Å². The number of alkyl halides is 3. The molecule has 1 amide bonds. The summed E-state index contributed by atoms with van der Waals surface area (Å²) in [6, 6.07) is 8.94. The van der Waals surface area contributed by atoms with Gasteiger partial charge in [0.05, 0.1) is 13.2 Å².